The molecule has 3 rings (SSSR count). The average Bonchev–Trinajstić information content (AvgIpc) is 2.47. The first-order valence-electron chi connectivity index (χ1n) is 7.54. The molecule has 22 heavy (non-hydrogen) atoms. The lowest BCUT2D eigenvalue weighted by atomic mass is 9.91. The molecule has 6 heteroatoms. The second-order valence-corrected chi connectivity index (χ2v) is 5.92. The van der Waals surface area contributed by atoms with Gasteiger partial charge in [0.25, 0.3) is 0 Å². The lowest BCUT2D eigenvalue weighted by molar-refractivity contribution is -0.147. The highest BCUT2D eigenvalue weighted by Gasteiger charge is 2.34. The predicted octanol–water partition coefficient (Wildman–Crippen LogP) is 1.90. The number of aromatic nitrogens is 2. The standard InChI is InChI=1S/C16H20N4O2/c1-10-5-4-8-20(14(10)16(21)22)9-13-18-12-7-3-2-6-11(12)15(17)19-13/h2-3,6-7,10,14H,4-5,8-9H2,1H3,(H,21,22)(H2,17,18,19)/t10-,14+/m0/s1. The van der Waals surface area contributed by atoms with E-state index in [1.54, 1.807) is 0 Å². The highest BCUT2D eigenvalue weighted by atomic mass is 16.4. The van der Waals surface area contributed by atoms with E-state index in [1.165, 1.54) is 0 Å². The Hall–Kier alpha value is -2.21. The maximum Gasteiger partial charge on any atom is 0.321 e. The van der Waals surface area contributed by atoms with Crippen molar-refractivity contribution in [1.82, 2.24) is 14.9 Å². The number of benzene rings is 1. The van der Waals surface area contributed by atoms with Crippen molar-refractivity contribution in [2.45, 2.75) is 32.4 Å². The summed E-state index contributed by atoms with van der Waals surface area (Å²) in [6.07, 6.45) is 1.93. The molecule has 0 saturated carbocycles. The second kappa shape index (κ2) is 5.88. The number of anilines is 1. The van der Waals surface area contributed by atoms with Gasteiger partial charge in [0.15, 0.2) is 0 Å². The van der Waals surface area contributed by atoms with E-state index in [1.807, 2.05) is 36.1 Å². The lowest BCUT2D eigenvalue weighted by Crippen LogP contribution is -2.48. The van der Waals surface area contributed by atoms with E-state index in [0.29, 0.717) is 18.2 Å². The van der Waals surface area contributed by atoms with E-state index >= 15 is 0 Å². The molecule has 2 atom stereocenters. The lowest BCUT2D eigenvalue weighted by Gasteiger charge is -2.36. The van der Waals surface area contributed by atoms with E-state index in [4.69, 9.17) is 5.73 Å². The Morgan fingerprint density at radius 1 is 1.41 bits per heavy atom. The third kappa shape index (κ3) is 2.74. The summed E-state index contributed by atoms with van der Waals surface area (Å²) in [6.45, 7) is 3.15. The zero-order valence-electron chi connectivity index (χ0n) is 12.6. The van der Waals surface area contributed by atoms with Crippen LogP contribution in [0.5, 0.6) is 0 Å². The maximum absolute atomic E-state index is 11.5. The number of carboxylic acid groups (broad SMARTS) is 1. The van der Waals surface area contributed by atoms with Gasteiger partial charge in [-0.25, -0.2) is 9.97 Å². The first kappa shape index (κ1) is 14.7. The number of piperidine rings is 1. The molecule has 116 valence electrons. The van der Waals surface area contributed by atoms with Crippen molar-refractivity contribution < 1.29 is 9.90 Å². The number of nitrogens with zero attached hydrogens (tertiary/aromatic N) is 3. The van der Waals surface area contributed by atoms with Crippen LogP contribution in [0.1, 0.15) is 25.6 Å². The largest absolute Gasteiger partial charge is 0.480 e. The fraction of sp³-hybridized carbons (Fsp3) is 0.438. The quantitative estimate of drug-likeness (QED) is 0.899. The van der Waals surface area contributed by atoms with Crippen LogP contribution in [0.25, 0.3) is 10.9 Å². The van der Waals surface area contributed by atoms with Gasteiger partial charge in [0, 0.05) is 5.39 Å². The third-order valence-corrected chi connectivity index (χ3v) is 4.31. The number of fused-ring (bicyclic) bond motifs is 1. The first-order chi connectivity index (χ1) is 10.6. The van der Waals surface area contributed by atoms with E-state index in [0.717, 1.165) is 30.3 Å². The SMILES string of the molecule is C[C@H]1CCCN(Cc2nc(N)c3ccccc3n2)[C@H]1C(=O)O. The molecule has 2 heterocycles. The topological polar surface area (TPSA) is 92.3 Å². The molecule has 0 aliphatic carbocycles. The molecule has 1 aromatic carbocycles. The number of carbonyl (C=O) groups is 1. The van der Waals surface area contributed by atoms with Crippen LogP contribution in [-0.4, -0.2) is 38.5 Å². The summed E-state index contributed by atoms with van der Waals surface area (Å²) in [7, 11) is 0. The van der Waals surface area contributed by atoms with Crippen molar-refractivity contribution in [2.24, 2.45) is 5.92 Å². The molecular weight excluding hydrogens is 280 g/mol. The third-order valence-electron chi connectivity index (χ3n) is 4.31. The molecule has 0 unspecified atom stereocenters. The zero-order valence-corrected chi connectivity index (χ0v) is 12.6. The summed E-state index contributed by atoms with van der Waals surface area (Å²) in [5, 5.41) is 10.3. The molecule has 1 aliphatic rings. The summed E-state index contributed by atoms with van der Waals surface area (Å²) in [4.78, 5) is 22.4. The monoisotopic (exact) mass is 300 g/mol. The van der Waals surface area contributed by atoms with Gasteiger partial charge in [0.1, 0.15) is 17.7 Å². The number of hydrogen-bond acceptors (Lipinski definition) is 5. The predicted molar refractivity (Wildman–Crippen MR) is 84.2 cm³/mol. The molecule has 2 aromatic rings. The molecular formula is C16H20N4O2. The van der Waals surface area contributed by atoms with Crippen molar-refractivity contribution >= 4 is 22.7 Å². The van der Waals surface area contributed by atoms with Gasteiger partial charge >= 0.3 is 5.97 Å². The van der Waals surface area contributed by atoms with Gasteiger partial charge < -0.3 is 10.8 Å². The average molecular weight is 300 g/mol. The van der Waals surface area contributed by atoms with Crippen LogP contribution in [0.3, 0.4) is 0 Å². The normalized spacial score (nSPS) is 22.8. The summed E-state index contributed by atoms with van der Waals surface area (Å²) >= 11 is 0. The smallest absolute Gasteiger partial charge is 0.321 e. The minimum absolute atomic E-state index is 0.129. The summed E-state index contributed by atoms with van der Waals surface area (Å²) < 4.78 is 0. The van der Waals surface area contributed by atoms with Crippen molar-refractivity contribution in [1.29, 1.82) is 0 Å². The van der Waals surface area contributed by atoms with Crippen LogP contribution in [0.15, 0.2) is 24.3 Å². The van der Waals surface area contributed by atoms with Gasteiger partial charge in [-0.15, -0.1) is 0 Å². The molecule has 6 nitrogen and oxygen atoms in total. The minimum Gasteiger partial charge on any atom is -0.480 e. The number of likely N-dealkylation sites (tertiary alicyclic amines) is 1. The van der Waals surface area contributed by atoms with Crippen LogP contribution < -0.4 is 5.73 Å². The van der Waals surface area contributed by atoms with Gasteiger partial charge in [-0.3, -0.25) is 9.69 Å². The highest BCUT2D eigenvalue weighted by Crippen LogP contribution is 2.25. The number of aliphatic carboxylic acids is 1. The zero-order chi connectivity index (χ0) is 15.7. The molecule has 3 N–H and O–H groups in total. The van der Waals surface area contributed by atoms with E-state index < -0.39 is 12.0 Å². The number of carboxylic acids is 1. The van der Waals surface area contributed by atoms with Gasteiger partial charge in [-0.05, 0) is 37.4 Å². The highest BCUT2D eigenvalue weighted by molar-refractivity contribution is 5.87. The van der Waals surface area contributed by atoms with Gasteiger partial charge in [0.2, 0.25) is 0 Å². The molecule has 1 aliphatic heterocycles. The fourth-order valence-electron chi connectivity index (χ4n) is 3.25. The maximum atomic E-state index is 11.5. The molecule has 0 spiro atoms. The van der Waals surface area contributed by atoms with E-state index in [9.17, 15) is 9.90 Å². The Kier molecular flexibility index (Phi) is 3.94. The number of nitrogen functional groups attached to an aromatic ring is 1. The molecule has 0 radical (unpaired) electrons. The van der Waals surface area contributed by atoms with Crippen molar-refractivity contribution in [2.75, 3.05) is 12.3 Å². The molecule has 0 bridgehead atoms. The fourth-order valence-corrected chi connectivity index (χ4v) is 3.25. The van der Waals surface area contributed by atoms with Crippen LogP contribution in [0.2, 0.25) is 0 Å². The molecule has 0 amide bonds. The van der Waals surface area contributed by atoms with Crippen molar-refractivity contribution in [3.8, 4) is 0 Å². The van der Waals surface area contributed by atoms with Crippen LogP contribution >= 0.6 is 0 Å². The van der Waals surface area contributed by atoms with E-state index in [-0.39, 0.29) is 5.92 Å². The molecule has 1 aromatic heterocycles. The Labute approximate surface area is 129 Å². The van der Waals surface area contributed by atoms with E-state index in [2.05, 4.69) is 9.97 Å². The molecule has 1 fully saturated rings. The summed E-state index contributed by atoms with van der Waals surface area (Å²) in [5.74, 6) is 0.374. The van der Waals surface area contributed by atoms with Gasteiger partial charge in [-0.2, -0.15) is 0 Å². The van der Waals surface area contributed by atoms with Crippen LogP contribution in [0, 0.1) is 5.92 Å². The number of rotatable bonds is 3. The number of hydrogen-bond donors (Lipinski definition) is 2. The Morgan fingerprint density at radius 3 is 2.95 bits per heavy atom. The second-order valence-electron chi connectivity index (χ2n) is 5.92. The Morgan fingerprint density at radius 2 is 2.18 bits per heavy atom. The molecule has 1 saturated heterocycles. The Balaban J connectivity index is 1.90. The van der Waals surface area contributed by atoms with Crippen LogP contribution in [0.4, 0.5) is 5.82 Å². The van der Waals surface area contributed by atoms with Gasteiger partial charge in [0.05, 0.1) is 12.1 Å². The number of para-hydroxylation sites is 1. The summed E-state index contributed by atoms with van der Waals surface area (Å²) in [5.41, 5.74) is 6.79. The van der Waals surface area contributed by atoms with Crippen molar-refractivity contribution in [3.63, 3.8) is 0 Å². The number of nitrogens with two attached hydrogens (primary N) is 1. The van der Waals surface area contributed by atoms with Crippen LogP contribution in [-0.2, 0) is 11.3 Å². The van der Waals surface area contributed by atoms with Crippen molar-refractivity contribution in [3.05, 3.63) is 30.1 Å². The Bertz CT molecular complexity index is 704. The first-order valence-corrected chi connectivity index (χ1v) is 7.54. The minimum atomic E-state index is -0.777. The summed E-state index contributed by atoms with van der Waals surface area (Å²) in [6, 6.07) is 7.10. The van der Waals surface area contributed by atoms with Gasteiger partial charge in [-0.1, -0.05) is 19.1 Å².